The van der Waals surface area contributed by atoms with E-state index in [4.69, 9.17) is 4.74 Å². The molecule has 1 saturated heterocycles. The lowest BCUT2D eigenvalue weighted by atomic mass is 9.91. The van der Waals surface area contributed by atoms with Gasteiger partial charge in [-0.15, -0.1) is 0 Å². The minimum atomic E-state index is -0.477. The maximum Gasteiger partial charge on any atom is 0.327 e. The molecule has 0 radical (unpaired) electrons. The van der Waals surface area contributed by atoms with Crippen LogP contribution in [0.2, 0.25) is 0 Å². The number of hydrogen-bond acceptors (Lipinski definition) is 4. The molecular formula is C16H30N2O2. The molecule has 1 aliphatic heterocycles. The second kappa shape index (κ2) is 7.41. The van der Waals surface area contributed by atoms with E-state index < -0.39 is 5.54 Å². The molecule has 0 aromatic carbocycles. The van der Waals surface area contributed by atoms with Crippen LogP contribution in [0.5, 0.6) is 0 Å². The van der Waals surface area contributed by atoms with Crippen molar-refractivity contribution in [2.45, 2.75) is 57.4 Å². The molecule has 20 heavy (non-hydrogen) atoms. The maximum atomic E-state index is 12.5. The lowest BCUT2D eigenvalue weighted by molar-refractivity contribution is -0.153. The molecule has 0 aromatic heterocycles. The monoisotopic (exact) mass is 282 g/mol. The fraction of sp³-hybridized carbons (Fsp3) is 0.938. The van der Waals surface area contributed by atoms with E-state index in [9.17, 15) is 4.79 Å². The number of carbonyl (C=O) groups is 1. The van der Waals surface area contributed by atoms with Crippen LogP contribution in [0.4, 0.5) is 0 Å². The summed E-state index contributed by atoms with van der Waals surface area (Å²) in [5, 5.41) is 3.33. The first-order valence-corrected chi connectivity index (χ1v) is 8.31. The SMILES string of the molecule is CCOC(=O)C(CN1CCCCCCC1)(NC)C1CC1. The fourth-order valence-electron chi connectivity index (χ4n) is 3.41. The molecule has 2 rings (SSSR count). The van der Waals surface area contributed by atoms with E-state index in [1.54, 1.807) is 0 Å². The largest absolute Gasteiger partial charge is 0.465 e. The van der Waals surface area contributed by atoms with Gasteiger partial charge in [0.05, 0.1) is 6.61 Å². The van der Waals surface area contributed by atoms with Crippen molar-refractivity contribution < 1.29 is 9.53 Å². The van der Waals surface area contributed by atoms with Gasteiger partial charge >= 0.3 is 5.97 Å². The van der Waals surface area contributed by atoms with Gasteiger partial charge in [-0.2, -0.15) is 0 Å². The zero-order valence-corrected chi connectivity index (χ0v) is 13.1. The van der Waals surface area contributed by atoms with Crippen molar-refractivity contribution >= 4 is 5.97 Å². The topological polar surface area (TPSA) is 41.6 Å². The van der Waals surface area contributed by atoms with Crippen LogP contribution in [0.25, 0.3) is 0 Å². The van der Waals surface area contributed by atoms with Gasteiger partial charge in [0.15, 0.2) is 0 Å². The molecular weight excluding hydrogens is 252 g/mol. The van der Waals surface area contributed by atoms with Gasteiger partial charge in [-0.1, -0.05) is 19.3 Å². The van der Waals surface area contributed by atoms with E-state index in [1.165, 1.54) is 32.1 Å². The summed E-state index contributed by atoms with van der Waals surface area (Å²) < 4.78 is 5.37. The van der Waals surface area contributed by atoms with E-state index in [2.05, 4.69) is 10.2 Å². The summed E-state index contributed by atoms with van der Waals surface area (Å²) in [4.78, 5) is 15.0. The third-order valence-corrected chi connectivity index (χ3v) is 4.78. The standard InChI is InChI=1S/C16H30N2O2/c1-3-20-15(19)16(17-2,14-9-10-14)13-18-11-7-5-4-6-8-12-18/h14,17H,3-13H2,1-2H3. The molecule has 0 aromatic rings. The van der Waals surface area contributed by atoms with Crippen molar-refractivity contribution in [2.24, 2.45) is 5.92 Å². The molecule has 2 aliphatic rings. The number of esters is 1. The molecule has 1 N–H and O–H groups in total. The molecule has 4 heteroatoms. The van der Waals surface area contributed by atoms with Crippen LogP contribution in [0.15, 0.2) is 0 Å². The van der Waals surface area contributed by atoms with Crippen molar-refractivity contribution in [3.8, 4) is 0 Å². The van der Waals surface area contributed by atoms with Gasteiger partial charge in [0.25, 0.3) is 0 Å². The highest BCUT2D eigenvalue weighted by atomic mass is 16.5. The Balaban J connectivity index is 2.03. The van der Waals surface area contributed by atoms with Crippen LogP contribution >= 0.6 is 0 Å². The Labute approximate surface area is 123 Å². The predicted molar refractivity (Wildman–Crippen MR) is 80.7 cm³/mol. The third kappa shape index (κ3) is 3.73. The van der Waals surface area contributed by atoms with Crippen molar-refractivity contribution in [1.82, 2.24) is 10.2 Å². The minimum absolute atomic E-state index is 0.0490. The number of hydrogen-bond donors (Lipinski definition) is 1. The van der Waals surface area contributed by atoms with E-state index in [-0.39, 0.29) is 5.97 Å². The summed E-state index contributed by atoms with van der Waals surface area (Å²) in [7, 11) is 1.92. The number of ether oxygens (including phenoxy) is 1. The van der Waals surface area contributed by atoms with Gasteiger partial charge in [-0.3, -0.25) is 0 Å². The predicted octanol–water partition coefficient (Wildman–Crippen LogP) is 2.18. The highest BCUT2D eigenvalue weighted by Gasteiger charge is 2.51. The Bertz CT molecular complexity index is 310. The number of likely N-dealkylation sites (N-methyl/N-ethyl adjacent to an activating group) is 1. The summed E-state index contributed by atoms with van der Waals surface area (Å²) in [6.07, 6.45) is 8.82. The summed E-state index contributed by atoms with van der Waals surface area (Å²) in [6.45, 7) is 5.41. The molecule has 2 fully saturated rings. The van der Waals surface area contributed by atoms with Gasteiger partial charge in [0.1, 0.15) is 5.54 Å². The fourth-order valence-corrected chi connectivity index (χ4v) is 3.41. The van der Waals surface area contributed by atoms with Crippen molar-refractivity contribution in [2.75, 3.05) is 33.3 Å². The van der Waals surface area contributed by atoms with E-state index in [0.29, 0.717) is 12.5 Å². The second-order valence-electron chi connectivity index (χ2n) is 6.26. The minimum Gasteiger partial charge on any atom is -0.465 e. The van der Waals surface area contributed by atoms with Crippen LogP contribution in [0.1, 0.15) is 51.9 Å². The third-order valence-electron chi connectivity index (χ3n) is 4.78. The second-order valence-corrected chi connectivity index (χ2v) is 6.26. The maximum absolute atomic E-state index is 12.5. The van der Waals surface area contributed by atoms with Crippen molar-refractivity contribution in [3.05, 3.63) is 0 Å². The highest BCUT2D eigenvalue weighted by molar-refractivity contribution is 5.82. The number of likely N-dealkylation sites (tertiary alicyclic amines) is 1. The molecule has 4 nitrogen and oxygen atoms in total. The number of rotatable bonds is 6. The zero-order valence-electron chi connectivity index (χ0n) is 13.1. The molecule has 0 bridgehead atoms. The Kier molecular flexibility index (Phi) is 5.85. The van der Waals surface area contributed by atoms with Crippen LogP contribution < -0.4 is 5.32 Å². The van der Waals surface area contributed by atoms with Gasteiger partial charge in [0, 0.05) is 6.54 Å². The Morgan fingerprint density at radius 2 is 1.80 bits per heavy atom. The molecule has 0 amide bonds. The molecule has 1 heterocycles. The summed E-state index contributed by atoms with van der Waals surface area (Å²) in [6, 6.07) is 0. The van der Waals surface area contributed by atoms with Crippen LogP contribution in [-0.2, 0) is 9.53 Å². The van der Waals surface area contributed by atoms with E-state index in [0.717, 1.165) is 32.5 Å². The lowest BCUT2D eigenvalue weighted by Crippen LogP contribution is -2.60. The van der Waals surface area contributed by atoms with Gasteiger partial charge in [-0.25, -0.2) is 4.79 Å². The lowest BCUT2D eigenvalue weighted by Gasteiger charge is -2.37. The average molecular weight is 282 g/mol. The molecule has 0 spiro atoms. The molecule has 1 atom stereocenters. The molecule has 1 aliphatic carbocycles. The van der Waals surface area contributed by atoms with Gasteiger partial charge < -0.3 is 15.0 Å². The summed E-state index contributed by atoms with van der Waals surface area (Å²) >= 11 is 0. The average Bonchev–Trinajstić information content (AvgIpc) is 3.23. The first-order valence-electron chi connectivity index (χ1n) is 8.31. The van der Waals surface area contributed by atoms with Crippen LogP contribution in [-0.4, -0.2) is 49.7 Å². The van der Waals surface area contributed by atoms with Gasteiger partial charge in [0.2, 0.25) is 0 Å². The summed E-state index contributed by atoms with van der Waals surface area (Å²) in [5.74, 6) is 0.407. The van der Waals surface area contributed by atoms with E-state index >= 15 is 0 Å². The smallest absolute Gasteiger partial charge is 0.327 e. The Morgan fingerprint density at radius 3 is 2.30 bits per heavy atom. The normalized spacial score (nSPS) is 24.5. The quantitative estimate of drug-likeness (QED) is 0.758. The number of nitrogens with zero attached hydrogens (tertiary/aromatic N) is 1. The number of carbonyl (C=O) groups excluding carboxylic acids is 1. The Morgan fingerprint density at radius 1 is 1.20 bits per heavy atom. The van der Waals surface area contributed by atoms with E-state index in [1.807, 2.05) is 14.0 Å². The summed E-state index contributed by atoms with van der Waals surface area (Å²) in [5.41, 5.74) is -0.477. The van der Waals surface area contributed by atoms with Gasteiger partial charge in [-0.05, 0) is 58.7 Å². The van der Waals surface area contributed by atoms with Crippen molar-refractivity contribution in [3.63, 3.8) is 0 Å². The van der Waals surface area contributed by atoms with Crippen molar-refractivity contribution in [1.29, 1.82) is 0 Å². The van der Waals surface area contributed by atoms with Crippen LogP contribution in [0, 0.1) is 5.92 Å². The molecule has 116 valence electrons. The Hall–Kier alpha value is -0.610. The molecule has 1 unspecified atom stereocenters. The van der Waals surface area contributed by atoms with Crippen LogP contribution in [0.3, 0.4) is 0 Å². The molecule has 1 saturated carbocycles. The first kappa shape index (κ1) is 15.8. The first-order chi connectivity index (χ1) is 9.73. The number of nitrogens with one attached hydrogen (secondary N) is 1. The highest BCUT2D eigenvalue weighted by Crippen LogP contribution is 2.41. The zero-order chi connectivity index (χ0) is 14.4.